The Balaban J connectivity index is 1.76. The molecule has 6 heteroatoms. The van der Waals surface area contributed by atoms with Crippen LogP contribution in [0, 0.1) is 5.92 Å². The van der Waals surface area contributed by atoms with Crippen LogP contribution in [0.15, 0.2) is 0 Å². The number of carbonyl (C=O) groups is 3. The number of hydrogen-bond acceptors (Lipinski definition) is 3. The van der Waals surface area contributed by atoms with E-state index in [4.69, 9.17) is 0 Å². The number of likely N-dealkylation sites (tertiary alicyclic amines) is 1. The average Bonchev–Trinajstić information content (AvgIpc) is 3.05. The Hall–Kier alpha value is -1.59. The van der Waals surface area contributed by atoms with Crippen molar-refractivity contribution in [3.8, 4) is 0 Å². The van der Waals surface area contributed by atoms with Gasteiger partial charge in [-0.2, -0.15) is 0 Å². The van der Waals surface area contributed by atoms with Crippen molar-refractivity contribution in [1.82, 2.24) is 15.1 Å². The van der Waals surface area contributed by atoms with Crippen LogP contribution < -0.4 is 5.32 Å². The number of imide groups is 1. The minimum Gasteiger partial charge on any atom is -0.341 e. The van der Waals surface area contributed by atoms with Gasteiger partial charge in [-0.3, -0.25) is 14.9 Å². The number of rotatable bonds is 2. The molecule has 4 amide bonds. The zero-order valence-electron chi connectivity index (χ0n) is 12.6. The number of urea groups is 1. The van der Waals surface area contributed by atoms with Crippen molar-refractivity contribution >= 4 is 17.8 Å². The number of amides is 4. The Labute approximate surface area is 124 Å². The highest BCUT2D eigenvalue weighted by Crippen LogP contribution is 2.39. The van der Waals surface area contributed by atoms with Crippen molar-refractivity contribution in [1.29, 1.82) is 0 Å². The number of nitrogens with zero attached hydrogens (tertiary/aromatic N) is 2. The van der Waals surface area contributed by atoms with E-state index >= 15 is 0 Å². The van der Waals surface area contributed by atoms with Crippen molar-refractivity contribution in [3.05, 3.63) is 0 Å². The summed E-state index contributed by atoms with van der Waals surface area (Å²) in [6, 6.07) is -0.401. The molecule has 0 atom stereocenters. The Morgan fingerprint density at radius 3 is 2.48 bits per heavy atom. The largest absolute Gasteiger partial charge is 0.341 e. The number of nitrogens with one attached hydrogen (secondary N) is 1. The van der Waals surface area contributed by atoms with E-state index in [-0.39, 0.29) is 18.4 Å². The molecule has 0 aromatic carbocycles. The van der Waals surface area contributed by atoms with Crippen molar-refractivity contribution in [2.45, 2.75) is 51.0 Å². The molecular weight excluding hydrogens is 270 g/mol. The predicted octanol–water partition coefficient (Wildman–Crippen LogP) is 1.11. The maximum absolute atomic E-state index is 12.3. The molecule has 6 nitrogen and oxygen atoms in total. The lowest BCUT2D eigenvalue weighted by Crippen LogP contribution is -2.54. The first-order chi connectivity index (χ1) is 10.0. The summed E-state index contributed by atoms with van der Waals surface area (Å²) in [7, 11) is 0. The fraction of sp³-hybridized carbons (Fsp3) is 0.800. The van der Waals surface area contributed by atoms with Crippen molar-refractivity contribution in [2.75, 3.05) is 19.6 Å². The van der Waals surface area contributed by atoms with Gasteiger partial charge in [-0.1, -0.05) is 6.92 Å². The van der Waals surface area contributed by atoms with E-state index < -0.39 is 11.6 Å². The molecule has 1 spiro atoms. The molecule has 0 radical (unpaired) electrons. The summed E-state index contributed by atoms with van der Waals surface area (Å²) < 4.78 is 0. The Morgan fingerprint density at radius 1 is 1.24 bits per heavy atom. The molecular formula is C15H23N3O3. The molecule has 3 rings (SSSR count). The van der Waals surface area contributed by atoms with Gasteiger partial charge in [0.15, 0.2) is 0 Å². The van der Waals surface area contributed by atoms with E-state index in [1.807, 2.05) is 0 Å². The first-order valence-electron chi connectivity index (χ1n) is 7.94. The molecule has 1 N–H and O–H groups in total. The van der Waals surface area contributed by atoms with Gasteiger partial charge in [0.1, 0.15) is 12.1 Å². The first-order valence-corrected chi connectivity index (χ1v) is 7.94. The topological polar surface area (TPSA) is 69.7 Å². The van der Waals surface area contributed by atoms with Crippen LogP contribution in [-0.4, -0.2) is 52.8 Å². The Morgan fingerprint density at radius 2 is 1.86 bits per heavy atom. The molecule has 0 aromatic heterocycles. The smallest absolute Gasteiger partial charge is 0.325 e. The molecule has 116 valence electrons. The van der Waals surface area contributed by atoms with Gasteiger partial charge in [0, 0.05) is 13.1 Å². The highest BCUT2D eigenvalue weighted by Gasteiger charge is 2.54. The molecule has 21 heavy (non-hydrogen) atoms. The third-order valence-corrected chi connectivity index (χ3v) is 5.26. The van der Waals surface area contributed by atoms with Crippen LogP contribution in [0.3, 0.4) is 0 Å². The minimum atomic E-state index is -0.779. The molecule has 3 aliphatic rings. The molecule has 0 unspecified atom stereocenters. The standard InChI is InChI=1S/C15H23N3O3/c1-11-4-6-15(7-5-11)13(20)16-14(21)18(15)10-12(19)17-8-2-3-9-17/h11H,2-10H2,1H3,(H,16,20,21). The van der Waals surface area contributed by atoms with Gasteiger partial charge in [0.2, 0.25) is 5.91 Å². The zero-order valence-corrected chi connectivity index (χ0v) is 12.6. The van der Waals surface area contributed by atoms with Crippen LogP contribution in [0.1, 0.15) is 45.4 Å². The van der Waals surface area contributed by atoms with E-state index in [2.05, 4.69) is 12.2 Å². The Bertz CT molecular complexity index is 463. The van der Waals surface area contributed by atoms with E-state index in [1.54, 1.807) is 4.90 Å². The summed E-state index contributed by atoms with van der Waals surface area (Å²) in [6.45, 7) is 3.74. The summed E-state index contributed by atoms with van der Waals surface area (Å²) in [5.41, 5.74) is -0.779. The quantitative estimate of drug-likeness (QED) is 0.775. The molecule has 1 aliphatic carbocycles. The summed E-state index contributed by atoms with van der Waals surface area (Å²) >= 11 is 0. The molecule has 2 aliphatic heterocycles. The monoisotopic (exact) mass is 293 g/mol. The van der Waals surface area contributed by atoms with E-state index in [1.165, 1.54) is 4.90 Å². The summed E-state index contributed by atoms with van der Waals surface area (Å²) in [5, 5.41) is 2.42. The zero-order chi connectivity index (χ0) is 15.0. The lowest BCUT2D eigenvalue weighted by atomic mass is 9.76. The van der Waals surface area contributed by atoms with Gasteiger partial charge >= 0.3 is 6.03 Å². The average molecular weight is 293 g/mol. The van der Waals surface area contributed by atoms with Crippen molar-refractivity contribution < 1.29 is 14.4 Å². The third kappa shape index (κ3) is 2.40. The van der Waals surface area contributed by atoms with Gasteiger partial charge < -0.3 is 9.80 Å². The molecule has 1 saturated carbocycles. The molecule has 3 fully saturated rings. The summed E-state index contributed by atoms with van der Waals surface area (Å²) in [4.78, 5) is 40.0. The number of carbonyl (C=O) groups excluding carboxylic acids is 3. The van der Waals surface area contributed by atoms with Crippen LogP contribution in [0.4, 0.5) is 4.79 Å². The van der Waals surface area contributed by atoms with Gasteiger partial charge in [-0.05, 0) is 44.4 Å². The Kier molecular flexibility index (Phi) is 3.63. The van der Waals surface area contributed by atoms with Crippen LogP contribution in [-0.2, 0) is 9.59 Å². The van der Waals surface area contributed by atoms with Gasteiger partial charge in [-0.25, -0.2) is 4.79 Å². The summed E-state index contributed by atoms with van der Waals surface area (Å²) in [6.07, 6.45) is 5.24. The number of hydrogen-bond donors (Lipinski definition) is 1. The fourth-order valence-corrected chi connectivity index (χ4v) is 3.76. The molecule has 0 bridgehead atoms. The second-order valence-corrected chi connectivity index (χ2v) is 6.65. The highest BCUT2D eigenvalue weighted by atomic mass is 16.2. The highest BCUT2D eigenvalue weighted by molar-refractivity contribution is 6.08. The van der Waals surface area contributed by atoms with Gasteiger partial charge in [0.05, 0.1) is 0 Å². The van der Waals surface area contributed by atoms with E-state index in [0.29, 0.717) is 18.8 Å². The maximum atomic E-state index is 12.3. The molecule has 2 heterocycles. The lowest BCUT2D eigenvalue weighted by molar-refractivity contribution is -0.134. The van der Waals surface area contributed by atoms with Crippen LogP contribution in [0.25, 0.3) is 0 Å². The van der Waals surface area contributed by atoms with Gasteiger partial charge in [0.25, 0.3) is 5.91 Å². The third-order valence-electron chi connectivity index (χ3n) is 5.26. The lowest BCUT2D eigenvalue weighted by Gasteiger charge is -2.40. The normalized spacial score (nSPS) is 32.9. The minimum absolute atomic E-state index is 0.0321. The fourth-order valence-electron chi connectivity index (χ4n) is 3.76. The molecule has 0 aromatic rings. The van der Waals surface area contributed by atoms with Crippen molar-refractivity contribution in [2.24, 2.45) is 5.92 Å². The van der Waals surface area contributed by atoms with E-state index in [9.17, 15) is 14.4 Å². The predicted molar refractivity (Wildman–Crippen MR) is 76.4 cm³/mol. The van der Waals surface area contributed by atoms with Gasteiger partial charge in [-0.15, -0.1) is 0 Å². The van der Waals surface area contributed by atoms with E-state index in [0.717, 1.165) is 38.8 Å². The summed E-state index contributed by atoms with van der Waals surface area (Å²) in [5.74, 6) is 0.333. The molecule has 2 saturated heterocycles. The second-order valence-electron chi connectivity index (χ2n) is 6.65. The first kappa shape index (κ1) is 14.4. The van der Waals surface area contributed by atoms with Crippen LogP contribution in [0.2, 0.25) is 0 Å². The maximum Gasteiger partial charge on any atom is 0.325 e. The van der Waals surface area contributed by atoms with Crippen molar-refractivity contribution in [3.63, 3.8) is 0 Å². The SMILES string of the molecule is CC1CCC2(CC1)C(=O)NC(=O)N2CC(=O)N1CCCC1. The van der Waals surface area contributed by atoms with Crippen LogP contribution >= 0.6 is 0 Å². The second kappa shape index (κ2) is 5.31. The van der Waals surface area contributed by atoms with Crippen LogP contribution in [0.5, 0.6) is 0 Å².